The van der Waals surface area contributed by atoms with Crippen LogP contribution >= 0.6 is 0 Å². The van der Waals surface area contributed by atoms with Gasteiger partial charge in [-0.2, -0.15) is 0 Å². The van der Waals surface area contributed by atoms with Crippen molar-refractivity contribution < 1.29 is 13.2 Å². The summed E-state index contributed by atoms with van der Waals surface area (Å²) in [5.41, 5.74) is 3.40. The summed E-state index contributed by atoms with van der Waals surface area (Å²) in [6.45, 7) is 0. The maximum absolute atomic E-state index is 12.7. The number of hydrogen-bond acceptors (Lipinski definition) is 3. The molecule has 0 aromatic heterocycles. The van der Waals surface area contributed by atoms with E-state index < -0.39 is 10.0 Å². The highest BCUT2D eigenvalue weighted by Gasteiger charge is 2.29. The molecule has 5 nitrogen and oxygen atoms in total. The predicted octanol–water partition coefficient (Wildman–Crippen LogP) is 3.32. The Bertz CT molecular complexity index is 933. The molecule has 130 valence electrons. The number of fused-ring (bicyclic) bond motifs is 1. The molecule has 2 N–H and O–H groups in total. The molecular weight excluding hydrogens is 336 g/mol. The Kier molecular flexibility index (Phi) is 4.00. The van der Waals surface area contributed by atoms with Crippen molar-refractivity contribution in [3.63, 3.8) is 0 Å². The minimum atomic E-state index is -3.65. The van der Waals surface area contributed by atoms with E-state index in [0.717, 1.165) is 37.7 Å². The lowest BCUT2D eigenvalue weighted by molar-refractivity contribution is -0.117. The molecule has 0 radical (unpaired) electrons. The zero-order valence-corrected chi connectivity index (χ0v) is 14.6. The van der Waals surface area contributed by atoms with Gasteiger partial charge in [0.05, 0.1) is 10.6 Å². The largest absolute Gasteiger partial charge is 0.326 e. The molecular formula is C19H20N2O3S. The van der Waals surface area contributed by atoms with Gasteiger partial charge in [-0.25, -0.2) is 8.42 Å². The summed E-state index contributed by atoms with van der Waals surface area (Å²) in [4.78, 5) is 12.1. The first-order valence-electron chi connectivity index (χ1n) is 8.57. The predicted molar refractivity (Wildman–Crippen MR) is 97.1 cm³/mol. The third kappa shape index (κ3) is 3.54. The molecule has 0 heterocycles. The second-order valence-corrected chi connectivity index (χ2v) is 8.42. The van der Waals surface area contributed by atoms with E-state index in [9.17, 15) is 13.2 Å². The molecule has 0 unspecified atom stereocenters. The van der Waals surface area contributed by atoms with Crippen molar-refractivity contribution >= 4 is 27.3 Å². The fraction of sp³-hybridized carbons (Fsp3) is 0.316. The first kappa shape index (κ1) is 16.1. The first-order chi connectivity index (χ1) is 12.0. The van der Waals surface area contributed by atoms with E-state index in [-0.39, 0.29) is 16.7 Å². The lowest BCUT2D eigenvalue weighted by atomic mass is 10.1. The summed E-state index contributed by atoms with van der Waals surface area (Å²) in [5.74, 6) is 0.102. The van der Waals surface area contributed by atoms with Crippen LogP contribution in [0, 0.1) is 5.92 Å². The van der Waals surface area contributed by atoms with Crippen LogP contribution in [0.25, 0.3) is 0 Å². The average Bonchev–Trinajstić information content (AvgIpc) is 3.32. The van der Waals surface area contributed by atoms with Gasteiger partial charge >= 0.3 is 0 Å². The van der Waals surface area contributed by atoms with Crippen molar-refractivity contribution in [2.45, 2.75) is 37.0 Å². The number of aryl methyl sites for hydroxylation is 2. The monoisotopic (exact) mass is 356 g/mol. The summed E-state index contributed by atoms with van der Waals surface area (Å²) in [7, 11) is -3.65. The van der Waals surface area contributed by atoms with Gasteiger partial charge in [0.1, 0.15) is 0 Å². The normalized spacial score (nSPS) is 16.3. The number of carbonyl (C=O) groups excluding carboxylic acids is 1. The van der Waals surface area contributed by atoms with Crippen LogP contribution in [0.4, 0.5) is 11.4 Å². The van der Waals surface area contributed by atoms with Crippen LogP contribution in [0.2, 0.25) is 0 Å². The van der Waals surface area contributed by atoms with E-state index in [1.807, 2.05) is 6.07 Å². The van der Waals surface area contributed by atoms with E-state index in [4.69, 9.17) is 0 Å². The number of carbonyl (C=O) groups is 1. The first-order valence-corrected chi connectivity index (χ1v) is 10.1. The van der Waals surface area contributed by atoms with E-state index in [0.29, 0.717) is 11.4 Å². The second-order valence-electron chi connectivity index (χ2n) is 6.73. The number of anilines is 2. The molecule has 1 amide bonds. The van der Waals surface area contributed by atoms with Gasteiger partial charge < -0.3 is 5.32 Å². The Morgan fingerprint density at radius 3 is 2.52 bits per heavy atom. The molecule has 0 atom stereocenters. The molecule has 0 spiro atoms. The van der Waals surface area contributed by atoms with Crippen molar-refractivity contribution in [3.05, 3.63) is 53.6 Å². The molecule has 0 saturated heterocycles. The molecule has 6 heteroatoms. The van der Waals surface area contributed by atoms with Crippen LogP contribution < -0.4 is 10.0 Å². The maximum atomic E-state index is 12.7. The summed E-state index contributed by atoms with van der Waals surface area (Å²) in [5, 5.41) is 2.83. The third-order valence-electron chi connectivity index (χ3n) is 4.71. The molecule has 2 aromatic carbocycles. The van der Waals surface area contributed by atoms with Crippen LogP contribution in [0.3, 0.4) is 0 Å². The highest BCUT2D eigenvalue weighted by molar-refractivity contribution is 7.92. The van der Waals surface area contributed by atoms with Gasteiger partial charge in [-0.05, 0) is 73.6 Å². The standard InChI is InChI=1S/C19H20N2O3S/c22-19(14-7-8-14)20-16-5-2-6-17(12-16)21-25(23,24)18-10-9-13-3-1-4-15(13)11-18/h2,5-6,9-12,14,21H,1,3-4,7-8H2,(H,20,22). The van der Waals surface area contributed by atoms with Gasteiger partial charge in [-0.3, -0.25) is 9.52 Å². The molecule has 25 heavy (non-hydrogen) atoms. The third-order valence-corrected chi connectivity index (χ3v) is 6.09. The molecule has 4 rings (SSSR count). The van der Waals surface area contributed by atoms with Gasteiger partial charge in [-0.15, -0.1) is 0 Å². The van der Waals surface area contributed by atoms with Crippen molar-refractivity contribution in [3.8, 4) is 0 Å². The van der Waals surface area contributed by atoms with Crippen molar-refractivity contribution in [2.75, 3.05) is 10.0 Å². The Balaban J connectivity index is 1.53. The van der Waals surface area contributed by atoms with E-state index in [1.54, 1.807) is 36.4 Å². The molecule has 0 aliphatic heterocycles. The van der Waals surface area contributed by atoms with Crippen LogP contribution in [-0.4, -0.2) is 14.3 Å². The SMILES string of the molecule is O=C(Nc1cccc(NS(=O)(=O)c2ccc3c(c2)CCC3)c1)C1CC1. The number of benzene rings is 2. The summed E-state index contributed by atoms with van der Waals surface area (Å²) in [6, 6.07) is 12.1. The van der Waals surface area contributed by atoms with Crippen LogP contribution in [0.15, 0.2) is 47.4 Å². The zero-order chi connectivity index (χ0) is 17.4. The molecule has 1 saturated carbocycles. The van der Waals surface area contributed by atoms with E-state index >= 15 is 0 Å². The minimum Gasteiger partial charge on any atom is -0.326 e. The van der Waals surface area contributed by atoms with Gasteiger partial charge in [0.25, 0.3) is 10.0 Å². The quantitative estimate of drug-likeness (QED) is 0.863. The molecule has 0 bridgehead atoms. The fourth-order valence-corrected chi connectivity index (χ4v) is 4.28. The van der Waals surface area contributed by atoms with E-state index in [2.05, 4.69) is 10.0 Å². The molecule has 2 aliphatic carbocycles. The number of hydrogen-bond donors (Lipinski definition) is 2. The van der Waals surface area contributed by atoms with Crippen LogP contribution in [0.5, 0.6) is 0 Å². The topological polar surface area (TPSA) is 75.3 Å². The second kappa shape index (κ2) is 6.19. The van der Waals surface area contributed by atoms with Gasteiger partial charge in [0.2, 0.25) is 5.91 Å². The van der Waals surface area contributed by atoms with Crippen molar-refractivity contribution in [1.82, 2.24) is 0 Å². The van der Waals surface area contributed by atoms with Crippen molar-refractivity contribution in [2.24, 2.45) is 5.92 Å². The Morgan fingerprint density at radius 2 is 1.72 bits per heavy atom. The van der Waals surface area contributed by atoms with Gasteiger partial charge in [0, 0.05) is 11.6 Å². The Hall–Kier alpha value is -2.34. The van der Waals surface area contributed by atoms with Gasteiger partial charge in [-0.1, -0.05) is 12.1 Å². The highest BCUT2D eigenvalue weighted by Crippen LogP contribution is 2.31. The average molecular weight is 356 g/mol. The highest BCUT2D eigenvalue weighted by atomic mass is 32.2. The van der Waals surface area contributed by atoms with E-state index in [1.165, 1.54) is 5.56 Å². The summed E-state index contributed by atoms with van der Waals surface area (Å²) < 4.78 is 27.9. The van der Waals surface area contributed by atoms with Gasteiger partial charge in [0.15, 0.2) is 0 Å². The maximum Gasteiger partial charge on any atom is 0.261 e. The van der Waals surface area contributed by atoms with Crippen LogP contribution in [0.1, 0.15) is 30.4 Å². The number of amides is 1. The minimum absolute atomic E-state index is 0.00127. The number of sulfonamides is 1. The van der Waals surface area contributed by atoms with Crippen LogP contribution in [-0.2, 0) is 27.7 Å². The zero-order valence-electron chi connectivity index (χ0n) is 13.8. The van der Waals surface area contributed by atoms with Crippen molar-refractivity contribution in [1.29, 1.82) is 0 Å². The summed E-state index contributed by atoms with van der Waals surface area (Å²) >= 11 is 0. The fourth-order valence-electron chi connectivity index (χ4n) is 3.18. The molecule has 2 aromatic rings. The summed E-state index contributed by atoms with van der Waals surface area (Å²) in [6.07, 6.45) is 4.88. The lowest BCUT2D eigenvalue weighted by Gasteiger charge is -2.11. The number of rotatable bonds is 5. The lowest BCUT2D eigenvalue weighted by Crippen LogP contribution is -2.15. The Morgan fingerprint density at radius 1 is 0.960 bits per heavy atom. The Labute approximate surface area is 147 Å². The number of nitrogens with one attached hydrogen (secondary N) is 2. The molecule has 2 aliphatic rings. The molecule has 1 fully saturated rings. The smallest absolute Gasteiger partial charge is 0.261 e.